The van der Waals surface area contributed by atoms with E-state index in [0.29, 0.717) is 11.3 Å². The second kappa shape index (κ2) is 5.65. The molecule has 1 saturated heterocycles. The molecule has 0 amide bonds. The number of hydrogen-bond donors (Lipinski definition) is 2. The van der Waals surface area contributed by atoms with Crippen molar-refractivity contribution in [2.45, 2.75) is 39.5 Å². The van der Waals surface area contributed by atoms with Gasteiger partial charge < -0.3 is 10.6 Å². The number of nitrogens with zero attached hydrogens (tertiary/aromatic N) is 2. The second-order valence-corrected chi connectivity index (χ2v) is 5.90. The predicted molar refractivity (Wildman–Crippen MR) is 74.8 cm³/mol. The highest BCUT2D eigenvalue weighted by molar-refractivity contribution is 5.35. The van der Waals surface area contributed by atoms with Crippen LogP contribution in [0.4, 0.5) is 5.82 Å². The van der Waals surface area contributed by atoms with Crippen molar-refractivity contribution < 1.29 is 0 Å². The molecule has 0 unspecified atom stereocenters. The molecule has 0 spiro atoms. The third kappa shape index (κ3) is 3.42. The zero-order chi connectivity index (χ0) is 13.0. The Kier molecular flexibility index (Phi) is 4.17. The van der Waals surface area contributed by atoms with Crippen molar-refractivity contribution in [3.63, 3.8) is 0 Å². The van der Waals surface area contributed by atoms with Crippen LogP contribution in [0.2, 0.25) is 0 Å². The fraction of sp³-hybridized carbons (Fsp3) is 0.714. The van der Waals surface area contributed by atoms with E-state index in [0.717, 1.165) is 31.1 Å². The van der Waals surface area contributed by atoms with Crippen LogP contribution >= 0.6 is 0 Å². The molecule has 0 aliphatic carbocycles. The molecular weight excluding hydrogens is 224 g/mol. The standard InChI is InChI=1S/C14H24N4/c1-11(2)12-8-13(18-10-17-12)16-9-14(3)4-6-15-7-5-14/h8,10-11,15H,4-7,9H2,1-3H3,(H,16,17,18). The molecule has 1 aromatic rings. The molecular formula is C14H24N4. The number of piperidine rings is 1. The Morgan fingerprint density at radius 2 is 2.06 bits per heavy atom. The summed E-state index contributed by atoms with van der Waals surface area (Å²) >= 11 is 0. The number of rotatable bonds is 4. The van der Waals surface area contributed by atoms with E-state index in [1.165, 1.54) is 12.8 Å². The average Bonchev–Trinajstić information content (AvgIpc) is 2.38. The lowest BCUT2D eigenvalue weighted by Gasteiger charge is -2.34. The summed E-state index contributed by atoms with van der Waals surface area (Å²) in [5.41, 5.74) is 1.48. The summed E-state index contributed by atoms with van der Waals surface area (Å²) in [4.78, 5) is 8.59. The van der Waals surface area contributed by atoms with Gasteiger partial charge in [-0.15, -0.1) is 0 Å². The van der Waals surface area contributed by atoms with E-state index in [2.05, 4.69) is 47.4 Å². The molecule has 100 valence electrons. The first-order valence-electron chi connectivity index (χ1n) is 6.86. The molecule has 1 aliphatic rings. The van der Waals surface area contributed by atoms with E-state index in [9.17, 15) is 0 Å². The van der Waals surface area contributed by atoms with Crippen molar-refractivity contribution in [3.05, 3.63) is 18.1 Å². The first-order valence-corrected chi connectivity index (χ1v) is 6.86. The molecule has 2 heterocycles. The van der Waals surface area contributed by atoms with Crippen molar-refractivity contribution in [2.24, 2.45) is 5.41 Å². The van der Waals surface area contributed by atoms with Gasteiger partial charge in [-0.25, -0.2) is 9.97 Å². The Bertz CT molecular complexity index is 383. The topological polar surface area (TPSA) is 49.8 Å². The van der Waals surface area contributed by atoms with Crippen LogP contribution < -0.4 is 10.6 Å². The summed E-state index contributed by atoms with van der Waals surface area (Å²) < 4.78 is 0. The van der Waals surface area contributed by atoms with Gasteiger partial charge in [-0.3, -0.25) is 0 Å². The van der Waals surface area contributed by atoms with Gasteiger partial charge >= 0.3 is 0 Å². The largest absolute Gasteiger partial charge is 0.369 e. The molecule has 2 rings (SSSR count). The molecule has 0 aromatic carbocycles. The summed E-state index contributed by atoms with van der Waals surface area (Å²) in [6.07, 6.45) is 4.10. The molecule has 0 bridgehead atoms. The van der Waals surface area contributed by atoms with E-state index < -0.39 is 0 Å². The zero-order valence-electron chi connectivity index (χ0n) is 11.7. The van der Waals surface area contributed by atoms with Gasteiger partial charge in [-0.1, -0.05) is 20.8 Å². The molecule has 1 aromatic heterocycles. The van der Waals surface area contributed by atoms with Crippen LogP contribution in [-0.2, 0) is 0 Å². The van der Waals surface area contributed by atoms with Gasteiger partial charge in [0.2, 0.25) is 0 Å². The van der Waals surface area contributed by atoms with Crippen molar-refractivity contribution in [1.82, 2.24) is 15.3 Å². The Morgan fingerprint density at radius 1 is 1.33 bits per heavy atom. The lowest BCUT2D eigenvalue weighted by atomic mass is 9.81. The highest BCUT2D eigenvalue weighted by Gasteiger charge is 2.26. The first-order chi connectivity index (χ1) is 8.59. The summed E-state index contributed by atoms with van der Waals surface area (Å²) in [5.74, 6) is 1.40. The summed E-state index contributed by atoms with van der Waals surface area (Å²) in [6.45, 7) is 9.90. The lowest BCUT2D eigenvalue weighted by Crippen LogP contribution is -2.39. The van der Waals surface area contributed by atoms with Crippen LogP contribution in [0.25, 0.3) is 0 Å². The summed E-state index contributed by atoms with van der Waals surface area (Å²) in [5, 5.41) is 6.88. The Balaban J connectivity index is 1.95. The minimum absolute atomic E-state index is 0.383. The van der Waals surface area contributed by atoms with E-state index in [-0.39, 0.29) is 0 Å². The van der Waals surface area contributed by atoms with E-state index in [4.69, 9.17) is 0 Å². The minimum atomic E-state index is 0.383. The second-order valence-electron chi connectivity index (χ2n) is 5.90. The van der Waals surface area contributed by atoms with Crippen LogP contribution in [0.5, 0.6) is 0 Å². The quantitative estimate of drug-likeness (QED) is 0.859. The predicted octanol–water partition coefficient (Wildman–Crippen LogP) is 2.40. The fourth-order valence-electron chi connectivity index (χ4n) is 2.30. The maximum Gasteiger partial charge on any atom is 0.129 e. The van der Waals surface area contributed by atoms with Gasteiger partial charge in [-0.2, -0.15) is 0 Å². The molecule has 2 N–H and O–H groups in total. The third-order valence-electron chi connectivity index (χ3n) is 3.79. The Morgan fingerprint density at radius 3 is 2.72 bits per heavy atom. The zero-order valence-corrected chi connectivity index (χ0v) is 11.7. The van der Waals surface area contributed by atoms with E-state index >= 15 is 0 Å². The summed E-state index contributed by atoms with van der Waals surface area (Å²) in [7, 11) is 0. The molecule has 1 fully saturated rings. The molecule has 4 heteroatoms. The molecule has 0 radical (unpaired) electrons. The molecule has 0 saturated carbocycles. The third-order valence-corrected chi connectivity index (χ3v) is 3.79. The van der Waals surface area contributed by atoms with Gasteiger partial charge in [0.1, 0.15) is 12.1 Å². The maximum atomic E-state index is 4.30. The molecule has 4 nitrogen and oxygen atoms in total. The van der Waals surface area contributed by atoms with Crippen molar-refractivity contribution in [2.75, 3.05) is 25.0 Å². The number of nitrogens with one attached hydrogen (secondary N) is 2. The average molecular weight is 248 g/mol. The minimum Gasteiger partial charge on any atom is -0.369 e. The number of hydrogen-bond acceptors (Lipinski definition) is 4. The van der Waals surface area contributed by atoms with Gasteiger partial charge in [0.05, 0.1) is 0 Å². The summed E-state index contributed by atoms with van der Waals surface area (Å²) in [6, 6.07) is 2.06. The van der Waals surface area contributed by atoms with Crippen molar-refractivity contribution in [1.29, 1.82) is 0 Å². The number of anilines is 1. The molecule has 0 atom stereocenters. The van der Waals surface area contributed by atoms with Gasteiger partial charge in [0.25, 0.3) is 0 Å². The smallest absolute Gasteiger partial charge is 0.129 e. The molecule has 1 aliphatic heterocycles. The van der Waals surface area contributed by atoms with Crippen LogP contribution in [0.15, 0.2) is 12.4 Å². The van der Waals surface area contributed by atoms with Crippen LogP contribution in [0.1, 0.15) is 45.2 Å². The van der Waals surface area contributed by atoms with Crippen LogP contribution in [0, 0.1) is 5.41 Å². The number of aromatic nitrogens is 2. The fourth-order valence-corrected chi connectivity index (χ4v) is 2.30. The highest BCUT2D eigenvalue weighted by atomic mass is 15.0. The Labute approximate surface area is 110 Å². The maximum absolute atomic E-state index is 4.30. The van der Waals surface area contributed by atoms with E-state index in [1.807, 2.05) is 0 Å². The van der Waals surface area contributed by atoms with Crippen LogP contribution in [-0.4, -0.2) is 29.6 Å². The first kappa shape index (κ1) is 13.3. The van der Waals surface area contributed by atoms with Gasteiger partial charge in [0, 0.05) is 18.3 Å². The normalized spacial score (nSPS) is 18.9. The molecule has 18 heavy (non-hydrogen) atoms. The van der Waals surface area contributed by atoms with Crippen molar-refractivity contribution >= 4 is 5.82 Å². The monoisotopic (exact) mass is 248 g/mol. The highest BCUT2D eigenvalue weighted by Crippen LogP contribution is 2.28. The SMILES string of the molecule is CC(C)c1cc(NCC2(C)CCNCC2)ncn1. The lowest BCUT2D eigenvalue weighted by molar-refractivity contribution is 0.247. The van der Waals surface area contributed by atoms with E-state index in [1.54, 1.807) is 6.33 Å². The van der Waals surface area contributed by atoms with Gasteiger partial charge in [0.15, 0.2) is 0 Å². The van der Waals surface area contributed by atoms with Gasteiger partial charge in [-0.05, 0) is 37.3 Å². The van der Waals surface area contributed by atoms with Crippen molar-refractivity contribution in [3.8, 4) is 0 Å². The van der Waals surface area contributed by atoms with Crippen LogP contribution in [0.3, 0.4) is 0 Å². The Hall–Kier alpha value is -1.16.